The summed E-state index contributed by atoms with van der Waals surface area (Å²) in [6.07, 6.45) is 6.22. The lowest BCUT2D eigenvalue weighted by Crippen LogP contribution is -2.18. The summed E-state index contributed by atoms with van der Waals surface area (Å²) in [7, 11) is 0. The SMILES string of the molecule is c1ccc(Nc2cc(=NC3CCCCC3)cc3n(-c4ccccc4)c4ccccc4nc2-3)cc1. The molecule has 0 spiro atoms. The molecule has 0 unspecified atom stereocenters. The van der Waals surface area contributed by atoms with Crippen molar-refractivity contribution in [1.29, 1.82) is 0 Å². The fraction of sp³-hybridized carbons (Fsp3) is 0.200. The monoisotopic (exact) mass is 444 g/mol. The minimum Gasteiger partial charge on any atom is -0.354 e. The Balaban J connectivity index is 1.64. The standard InChI is InChI=1S/C30H28N4/c1-4-12-22(13-5-1)31-24-20-27(32-23-14-6-2-7-15-23)30-29(21-24)34(25-16-8-3-9-17-25)28-19-11-10-18-26(28)33-30/h2-3,6-11,14-22,32H,1,4-5,12-13H2. The van der Waals surface area contributed by atoms with Crippen molar-refractivity contribution < 1.29 is 0 Å². The molecule has 1 saturated carbocycles. The van der Waals surface area contributed by atoms with Crippen LogP contribution in [0.4, 0.5) is 11.4 Å². The smallest absolute Gasteiger partial charge is 0.111 e. The number of para-hydroxylation sites is 4. The molecule has 4 heteroatoms. The number of rotatable bonds is 4. The molecular weight excluding hydrogens is 416 g/mol. The zero-order valence-corrected chi connectivity index (χ0v) is 19.2. The van der Waals surface area contributed by atoms with Gasteiger partial charge in [0.25, 0.3) is 0 Å². The minimum absolute atomic E-state index is 0.398. The average Bonchev–Trinajstić information content (AvgIpc) is 2.89. The second kappa shape index (κ2) is 9.14. The van der Waals surface area contributed by atoms with Gasteiger partial charge in [0.05, 0.1) is 33.8 Å². The third-order valence-electron chi connectivity index (χ3n) is 6.64. The fourth-order valence-electron chi connectivity index (χ4n) is 5.01. The van der Waals surface area contributed by atoms with Gasteiger partial charge < -0.3 is 9.88 Å². The Hall–Kier alpha value is -3.92. The van der Waals surface area contributed by atoms with E-state index < -0.39 is 0 Å². The summed E-state index contributed by atoms with van der Waals surface area (Å²) in [5, 5.41) is 4.65. The number of hydrogen-bond acceptors (Lipinski definition) is 3. The molecule has 6 rings (SSSR count). The molecule has 0 amide bonds. The Kier molecular flexibility index (Phi) is 5.56. The van der Waals surface area contributed by atoms with E-state index in [0.29, 0.717) is 6.04 Å². The molecule has 1 aliphatic heterocycles. The van der Waals surface area contributed by atoms with Crippen LogP contribution in [0.1, 0.15) is 32.1 Å². The average molecular weight is 445 g/mol. The third kappa shape index (κ3) is 4.08. The Labute approximate surface area is 200 Å². The van der Waals surface area contributed by atoms with Gasteiger partial charge in [-0.1, -0.05) is 67.8 Å². The maximum Gasteiger partial charge on any atom is 0.111 e. The number of nitrogens with one attached hydrogen (secondary N) is 1. The van der Waals surface area contributed by atoms with E-state index in [9.17, 15) is 0 Å². The number of hydrogen-bond donors (Lipinski definition) is 1. The van der Waals surface area contributed by atoms with E-state index in [-0.39, 0.29) is 0 Å². The molecule has 0 bridgehead atoms. The maximum atomic E-state index is 5.20. The van der Waals surface area contributed by atoms with E-state index >= 15 is 0 Å². The highest BCUT2D eigenvalue weighted by molar-refractivity contribution is 5.88. The third-order valence-corrected chi connectivity index (χ3v) is 6.64. The van der Waals surface area contributed by atoms with Crippen molar-refractivity contribution in [2.24, 2.45) is 4.99 Å². The highest BCUT2D eigenvalue weighted by atomic mass is 15.0. The van der Waals surface area contributed by atoms with Crippen molar-refractivity contribution in [2.75, 3.05) is 5.32 Å². The summed E-state index contributed by atoms with van der Waals surface area (Å²) in [6.45, 7) is 0. The summed E-state index contributed by atoms with van der Waals surface area (Å²) < 4.78 is 2.31. The van der Waals surface area contributed by atoms with E-state index in [2.05, 4.69) is 82.7 Å². The number of aromatic nitrogens is 2. The summed E-state index contributed by atoms with van der Waals surface area (Å²) in [5.74, 6) is 0. The quantitative estimate of drug-likeness (QED) is 0.300. The summed E-state index contributed by atoms with van der Waals surface area (Å²) in [4.78, 5) is 10.3. The normalized spacial score (nSPS) is 15.1. The lowest BCUT2D eigenvalue weighted by atomic mass is 9.96. The maximum absolute atomic E-state index is 5.20. The van der Waals surface area contributed by atoms with Crippen LogP contribution >= 0.6 is 0 Å². The first-order chi connectivity index (χ1) is 16.8. The molecule has 0 radical (unpaired) electrons. The van der Waals surface area contributed by atoms with E-state index in [1.54, 1.807) is 0 Å². The zero-order chi connectivity index (χ0) is 22.7. The summed E-state index contributed by atoms with van der Waals surface area (Å²) >= 11 is 0. The van der Waals surface area contributed by atoms with Gasteiger partial charge >= 0.3 is 0 Å². The zero-order valence-electron chi connectivity index (χ0n) is 19.2. The van der Waals surface area contributed by atoms with Gasteiger partial charge in [0.15, 0.2) is 0 Å². The van der Waals surface area contributed by atoms with Crippen LogP contribution in [0, 0.1) is 0 Å². The van der Waals surface area contributed by atoms with Gasteiger partial charge in [-0.2, -0.15) is 0 Å². The molecule has 1 heterocycles. The largest absolute Gasteiger partial charge is 0.354 e. The first-order valence-electron chi connectivity index (χ1n) is 12.2. The van der Waals surface area contributed by atoms with Crippen LogP contribution in [0.25, 0.3) is 28.1 Å². The van der Waals surface area contributed by atoms with E-state index in [1.165, 1.54) is 32.1 Å². The Bertz CT molecular complexity index is 1450. The molecular formula is C30H28N4. The van der Waals surface area contributed by atoms with Gasteiger partial charge in [-0.05, 0) is 61.4 Å². The topological polar surface area (TPSA) is 42.2 Å². The van der Waals surface area contributed by atoms with Crippen LogP contribution in [0.5, 0.6) is 0 Å². The number of benzene rings is 4. The first kappa shape index (κ1) is 20.7. The molecule has 4 nitrogen and oxygen atoms in total. The van der Waals surface area contributed by atoms with Crippen molar-refractivity contribution >= 4 is 22.4 Å². The van der Waals surface area contributed by atoms with Crippen molar-refractivity contribution in [1.82, 2.24) is 9.55 Å². The van der Waals surface area contributed by atoms with Gasteiger partial charge in [-0.15, -0.1) is 0 Å². The van der Waals surface area contributed by atoms with Gasteiger partial charge in [-0.3, -0.25) is 4.99 Å². The number of fused-ring (bicyclic) bond motifs is 2. The predicted molar refractivity (Wildman–Crippen MR) is 140 cm³/mol. The van der Waals surface area contributed by atoms with Crippen LogP contribution in [0.2, 0.25) is 0 Å². The van der Waals surface area contributed by atoms with E-state index in [0.717, 1.165) is 44.8 Å². The molecule has 3 aromatic rings. The van der Waals surface area contributed by atoms with Gasteiger partial charge in [0.1, 0.15) is 5.69 Å². The van der Waals surface area contributed by atoms with Crippen molar-refractivity contribution in [2.45, 2.75) is 38.1 Å². The second-order valence-electron chi connectivity index (χ2n) is 9.04. The minimum atomic E-state index is 0.398. The number of anilines is 2. The highest BCUT2D eigenvalue weighted by Gasteiger charge is 2.19. The van der Waals surface area contributed by atoms with Crippen LogP contribution < -0.4 is 10.7 Å². The predicted octanol–water partition coefficient (Wildman–Crippen LogP) is 7.11. The first-order valence-corrected chi connectivity index (χ1v) is 12.2. The molecule has 0 aromatic heterocycles. The molecule has 34 heavy (non-hydrogen) atoms. The Morgan fingerprint density at radius 1 is 0.765 bits per heavy atom. The molecule has 1 fully saturated rings. The molecule has 168 valence electrons. The van der Waals surface area contributed by atoms with Crippen molar-refractivity contribution in [3.63, 3.8) is 0 Å². The van der Waals surface area contributed by atoms with Gasteiger partial charge in [0.2, 0.25) is 0 Å². The van der Waals surface area contributed by atoms with Gasteiger partial charge in [0, 0.05) is 11.4 Å². The summed E-state index contributed by atoms with van der Waals surface area (Å²) in [6, 6.07) is 34.0. The van der Waals surface area contributed by atoms with Gasteiger partial charge in [-0.25, -0.2) is 4.98 Å². The molecule has 3 aliphatic rings. The lowest BCUT2D eigenvalue weighted by Gasteiger charge is -2.22. The van der Waals surface area contributed by atoms with Crippen LogP contribution in [-0.2, 0) is 0 Å². The number of nitrogens with zero attached hydrogens (tertiary/aromatic N) is 3. The highest BCUT2D eigenvalue weighted by Crippen LogP contribution is 2.34. The second-order valence-corrected chi connectivity index (χ2v) is 9.04. The van der Waals surface area contributed by atoms with Crippen molar-refractivity contribution in [3.8, 4) is 17.1 Å². The summed E-state index contributed by atoms with van der Waals surface area (Å²) in [5.41, 5.74) is 7.18. The van der Waals surface area contributed by atoms with Crippen LogP contribution in [0.15, 0.2) is 102 Å². The Morgan fingerprint density at radius 3 is 2.26 bits per heavy atom. The molecule has 0 saturated heterocycles. The molecule has 1 N–H and O–H groups in total. The molecule has 2 aliphatic carbocycles. The Morgan fingerprint density at radius 2 is 1.47 bits per heavy atom. The lowest BCUT2D eigenvalue weighted by molar-refractivity contribution is 0.437. The van der Waals surface area contributed by atoms with Crippen molar-refractivity contribution in [3.05, 3.63) is 102 Å². The van der Waals surface area contributed by atoms with E-state index in [4.69, 9.17) is 9.98 Å². The fourth-order valence-corrected chi connectivity index (χ4v) is 5.01. The molecule has 3 aromatic carbocycles. The van der Waals surface area contributed by atoms with Crippen LogP contribution in [0.3, 0.4) is 0 Å². The molecule has 0 atom stereocenters. The van der Waals surface area contributed by atoms with E-state index in [1.807, 2.05) is 24.3 Å². The van der Waals surface area contributed by atoms with Crippen LogP contribution in [-0.4, -0.2) is 15.6 Å².